The van der Waals surface area contributed by atoms with Crippen LogP contribution < -0.4 is 15.4 Å². The number of ether oxygens (including phenoxy) is 1. The number of tetrazole rings is 1. The van der Waals surface area contributed by atoms with Crippen LogP contribution in [0.5, 0.6) is 0 Å². The highest BCUT2D eigenvalue weighted by atomic mass is 16.5. The summed E-state index contributed by atoms with van der Waals surface area (Å²) >= 11 is 0. The first-order valence-electron chi connectivity index (χ1n) is 13.6. The van der Waals surface area contributed by atoms with Gasteiger partial charge in [-0.1, -0.05) is 23.8 Å². The number of rotatable bonds is 6. The Balaban J connectivity index is 1.37. The second kappa shape index (κ2) is 10.3. The summed E-state index contributed by atoms with van der Waals surface area (Å²) in [6.45, 7) is 11.3. The number of pyridine rings is 1. The zero-order chi connectivity index (χ0) is 26.2. The van der Waals surface area contributed by atoms with E-state index in [2.05, 4.69) is 70.4 Å². The van der Waals surface area contributed by atoms with E-state index in [1.807, 2.05) is 22.9 Å². The molecule has 9 nitrogen and oxygen atoms in total. The van der Waals surface area contributed by atoms with Crippen molar-refractivity contribution in [2.45, 2.75) is 52.3 Å². The number of aromatic nitrogens is 5. The van der Waals surface area contributed by atoms with Gasteiger partial charge in [-0.25, -0.2) is 4.68 Å². The smallest absolute Gasteiger partial charge is 0.258 e. The summed E-state index contributed by atoms with van der Waals surface area (Å²) in [7, 11) is 0. The van der Waals surface area contributed by atoms with Crippen LogP contribution in [0.4, 0.5) is 5.69 Å². The van der Waals surface area contributed by atoms with Crippen LogP contribution in [0.3, 0.4) is 0 Å². The van der Waals surface area contributed by atoms with E-state index in [0.717, 1.165) is 67.9 Å². The molecular weight excluding hydrogens is 478 g/mol. The van der Waals surface area contributed by atoms with Crippen LogP contribution in [0.2, 0.25) is 0 Å². The minimum absolute atomic E-state index is 0.0810. The number of quaternary nitrogens is 1. The van der Waals surface area contributed by atoms with Gasteiger partial charge in [-0.2, -0.15) is 0 Å². The van der Waals surface area contributed by atoms with Crippen molar-refractivity contribution in [3.63, 3.8) is 0 Å². The molecule has 4 aromatic rings. The minimum atomic E-state index is -0.277. The maximum atomic E-state index is 13.5. The first-order chi connectivity index (χ1) is 18.5. The zero-order valence-electron chi connectivity index (χ0n) is 22.4. The fourth-order valence-electron chi connectivity index (χ4n) is 6.01. The van der Waals surface area contributed by atoms with Gasteiger partial charge in [-0.15, -0.1) is 5.10 Å². The van der Waals surface area contributed by atoms with E-state index < -0.39 is 0 Å². The number of nitrogens with zero attached hydrogens (tertiary/aromatic N) is 5. The van der Waals surface area contributed by atoms with Crippen molar-refractivity contribution in [2.75, 3.05) is 37.7 Å². The monoisotopic (exact) mass is 514 g/mol. The first kappa shape index (κ1) is 24.8. The number of anilines is 1. The SMILES string of the molecule is Cc1ccc(C)c(N2CC[NH+](C(c3cc4cc(C)ccc4[nH]c3=O)c3nnnn3CC3CCCO3)CC2)c1. The predicted molar refractivity (Wildman–Crippen MR) is 147 cm³/mol. The fraction of sp³-hybridized carbons (Fsp3) is 0.448. The fourth-order valence-corrected chi connectivity index (χ4v) is 6.01. The lowest BCUT2D eigenvalue weighted by Gasteiger charge is -2.37. The van der Waals surface area contributed by atoms with Gasteiger partial charge >= 0.3 is 0 Å². The third-order valence-corrected chi connectivity index (χ3v) is 8.08. The van der Waals surface area contributed by atoms with E-state index in [0.29, 0.717) is 12.1 Å². The standard InChI is InChI=1S/C29H35N7O2/c1-19-7-9-25-22(15-19)17-24(29(37)30-25)27(28-31-32-33-36(28)18-23-5-4-14-38-23)35-12-10-34(11-13-35)26-16-20(2)6-8-21(26)3/h6-9,15-17,23,27H,4-5,10-14,18H2,1-3H3,(H,30,37)/p+1. The molecule has 2 aromatic carbocycles. The highest BCUT2D eigenvalue weighted by Gasteiger charge is 2.37. The Labute approximate surface area is 222 Å². The second-order valence-corrected chi connectivity index (χ2v) is 10.9. The van der Waals surface area contributed by atoms with Gasteiger partial charge in [0.1, 0.15) is 0 Å². The van der Waals surface area contributed by atoms with Crippen LogP contribution in [0, 0.1) is 20.8 Å². The Kier molecular flexibility index (Phi) is 6.71. The molecule has 0 amide bonds. The number of hydrogen-bond donors (Lipinski definition) is 2. The molecule has 2 aliphatic heterocycles. The molecule has 6 rings (SSSR count). The third kappa shape index (κ3) is 4.83. The van der Waals surface area contributed by atoms with Crippen molar-refractivity contribution in [2.24, 2.45) is 0 Å². The number of fused-ring (bicyclic) bond motifs is 1. The molecule has 0 aliphatic carbocycles. The maximum Gasteiger partial charge on any atom is 0.258 e. The molecule has 0 radical (unpaired) electrons. The first-order valence-corrected chi connectivity index (χ1v) is 13.6. The summed E-state index contributed by atoms with van der Waals surface area (Å²) < 4.78 is 7.76. The molecular formula is C29H36N7O2+. The maximum absolute atomic E-state index is 13.5. The summed E-state index contributed by atoms with van der Waals surface area (Å²) in [5.41, 5.74) is 6.48. The summed E-state index contributed by atoms with van der Waals surface area (Å²) in [6.07, 6.45) is 2.16. The van der Waals surface area contributed by atoms with Crippen molar-refractivity contribution in [1.29, 1.82) is 0 Å². The lowest BCUT2D eigenvalue weighted by molar-refractivity contribution is -0.927. The van der Waals surface area contributed by atoms with E-state index in [-0.39, 0.29) is 17.7 Å². The average molecular weight is 515 g/mol. The normalized spacial score (nSPS) is 19.3. The van der Waals surface area contributed by atoms with Gasteiger partial charge in [0.2, 0.25) is 5.82 Å². The molecule has 9 heteroatoms. The average Bonchev–Trinajstić information content (AvgIpc) is 3.60. The van der Waals surface area contributed by atoms with Gasteiger partial charge in [0.25, 0.3) is 5.56 Å². The van der Waals surface area contributed by atoms with Gasteiger partial charge in [0.15, 0.2) is 6.04 Å². The lowest BCUT2D eigenvalue weighted by Crippen LogP contribution is -3.15. The molecule has 2 aromatic heterocycles. The zero-order valence-corrected chi connectivity index (χ0v) is 22.4. The molecule has 2 atom stereocenters. The highest BCUT2D eigenvalue weighted by molar-refractivity contribution is 5.79. The van der Waals surface area contributed by atoms with Gasteiger partial charge < -0.3 is 19.5 Å². The van der Waals surface area contributed by atoms with E-state index in [1.165, 1.54) is 21.7 Å². The molecule has 0 bridgehead atoms. The van der Waals surface area contributed by atoms with Crippen molar-refractivity contribution in [3.05, 3.63) is 80.9 Å². The molecule has 38 heavy (non-hydrogen) atoms. The molecule has 2 N–H and O–H groups in total. The summed E-state index contributed by atoms with van der Waals surface area (Å²) in [5.74, 6) is 0.730. The van der Waals surface area contributed by atoms with Gasteiger partial charge in [-0.05, 0) is 84.8 Å². The number of H-pyrrole nitrogens is 1. The Bertz CT molecular complexity index is 1500. The largest absolute Gasteiger partial charge is 0.376 e. The van der Waals surface area contributed by atoms with Crippen LogP contribution in [0.25, 0.3) is 10.9 Å². The summed E-state index contributed by atoms with van der Waals surface area (Å²) in [4.78, 5) is 20.4. The predicted octanol–water partition coefficient (Wildman–Crippen LogP) is 2.11. The Morgan fingerprint density at radius 1 is 1.08 bits per heavy atom. The number of aryl methyl sites for hydroxylation is 3. The van der Waals surface area contributed by atoms with Crippen LogP contribution >= 0.6 is 0 Å². The van der Waals surface area contributed by atoms with Crippen LogP contribution in [0.15, 0.2) is 47.3 Å². The number of aromatic amines is 1. The van der Waals surface area contributed by atoms with Crippen LogP contribution in [0.1, 0.15) is 47.0 Å². The molecule has 4 heterocycles. The molecule has 2 unspecified atom stereocenters. The minimum Gasteiger partial charge on any atom is -0.376 e. The molecule has 198 valence electrons. The number of benzene rings is 2. The highest BCUT2D eigenvalue weighted by Crippen LogP contribution is 2.24. The van der Waals surface area contributed by atoms with Crippen molar-refractivity contribution < 1.29 is 9.64 Å². The quantitative estimate of drug-likeness (QED) is 0.410. The van der Waals surface area contributed by atoms with Crippen molar-refractivity contribution in [3.8, 4) is 0 Å². The molecule has 0 saturated carbocycles. The Morgan fingerprint density at radius 3 is 2.66 bits per heavy atom. The van der Waals surface area contributed by atoms with E-state index in [9.17, 15) is 4.79 Å². The number of nitrogens with one attached hydrogen (secondary N) is 2. The van der Waals surface area contributed by atoms with Crippen molar-refractivity contribution >= 4 is 16.6 Å². The second-order valence-electron chi connectivity index (χ2n) is 10.9. The molecule has 2 saturated heterocycles. The Morgan fingerprint density at radius 2 is 1.87 bits per heavy atom. The Hall–Kier alpha value is -3.56. The van der Waals surface area contributed by atoms with Gasteiger partial charge in [-0.3, -0.25) is 4.79 Å². The summed E-state index contributed by atoms with van der Waals surface area (Å²) in [5, 5.41) is 14.0. The van der Waals surface area contributed by atoms with E-state index in [1.54, 1.807) is 0 Å². The van der Waals surface area contributed by atoms with Crippen LogP contribution in [-0.2, 0) is 11.3 Å². The molecule has 2 fully saturated rings. The number of hydrogen-bond acceptors (Lipinski definition) is 6. The lowest BCUT2D eigenvalue weighted by atomic mass is 10.0. The molecule has 0 spiro atoms. The summed E-state index contributed by atoms with van der Waals surface area (Å²) in [6, 6.07) is 14.5. The van der Waals surface area contributed by atoms with E-state index in [4.69, 9.17) is 4.74 Å². The molecule has 2 aliphatic rings. The van der Waals surface area contributed by atoms with Crippen LogP contribution in [-0.4, -0.2) is 64.1 Å². The third-order valence-electron chi connectivity index (χ3n) is 8.08. The van der Waals surface area contributed by atoms with Gasteiger partial charge in [0.05, 0.1) is 44.4 Å². The number of piperazine rings is 1. The van der Waals surface area contributed by atoms with Crippen molar-refractivity contribution in [1.82, 2.24) is 25.2 Å². The topological polar surface area (TPSA) is 93.4 Å². The van der Waals surface area contributed by atoms with E-state index >= 15 is 0 Å². The van der Waals surface area contributed by atoms with Gasteiger partial charge in [0, 0.05) is 17.8 Å².